The van der Waals surface area contributed by atoms with E-state index < -0.39 is 5.97 Å². The number of ether oxygens (including phenoxy) is 1. The highest BCUT2D eigenvalue weighted by molar-refractivity contribution is 5.73. The number of carbonyl (C=O) groups excluding carboxylic acids is 1. The average molecular weight is 196 g/mol. The second kappa shape index (κ2) is 4.48. The third kappa shape index (κ3) is 2.37. The van der Waals surface area contributed by atoms with Gasteiger partial charge in [-0.1, -0.05) is 6.07 Å². The summed E-state index contributed by atoms with van der Waals surface area (Å²) in [6.07, 6.45) is 0.0488. The minimum absolute atomic E-state index is 0.0193. The highest BCUT2D eigenvalue weighted by Crippen LogP contribution is 2.21. The Morgan fingerprint density at radius 2 is 2.36 bits per heavy atom. The first kappa shape index (κ1) is 10.3. The predicted molar refractivity (Wildman–Crippen MR) is 51.6 cm³/mol. The standard InChI is InChI=1S/C9H12N2O3/c1-14-9(13)4-6-2-3-7(11-10)5-8(6)12/h2-3,5,11-12H,4,10H2,1H3. The lowest BCUT2D eigenvalue weighted by atomic mass is 10.1. The largest absolute Gasteiger partial charge is 0.508 e. The van der Waals surface area contributed by atoms with Crippen molar-refractivity contribution in [3.8, 4) is 5.75 Å². The van der Waals surface area contributed by atoms with Crippen molar-refractivity contribution in [2.24, 2.45) is 5.84 Å². The molecule has 0 bridgehead atoms. The molecular weight excluding hydrogens is 184 g/mol. The second-order valence-electron chi connectivity index (χ2n) is 2.74. The maximum Gasteiger partial charge on any atom is 0.310 e. The monoisotopic (exact) mass is 196 g/mol. The Labute approximate surface area is 81.5 Å². The Kier molecular flexibility index (Phi) is 3.30. The summed E-state index contributed by atoms with van der Waals surface area (Å²) in [5.74, 6) is 4.77. The van der Waals surface area contributed by atoms with E-state index in [0.717, 1.165) is 0 Å². The summed E-state index contributed by atoms with van der Waals surface area (Å²) in [6, 6.07) is 4.72. The van der Waals surface area contributed by atoms with Crippen LogP contribution in [0.15, 0.2) is 18.2 Å². The number of phenols is 1. The zero-order valence-corrected chi connectivity index (χ0v) is 7.78. The topological polar surface area (TPSA) is 84.6 Å². The maximum absolute atomic E-state index is 10.9. The van der Waals surface area contributed by atoms with Crippen molar-refractivity contribution >= 4 is 11.7 Å². The Balaban J connectivity index is 2.83. The van der Waals surface area contributed by atoms with Crippen LogP contribution in [0.1, 0.15) is 5.56 Å². The Morgan fingerprint density at radius 3 is 2.86 bits per heavy atom. The molecule has 0 atom stereocenters. The number of aromatic hydroxyl groups is 1. The number of esters is 1. The number of anilines is 1. The van der Waals surface area contributed by atoms with Gasteiger partial charge in [0, 0.05) is 11.6 Å². The van der Waals surface area contributed by atoms with Crippen molar-refractivity contribution < 1.29 is 14.6 Å². The van der Waals surface area contributed by atoms with Crippen LogP contribution in [0.3, 0.4) is 0 Å². The van der Waals surface area contributed by atoms with Gasteiger partial charge in [-0.05, 0) is 6.07 Å². The molecule has 5 heteroatoms. The zero-order chi connectivity index (χ0) is 10.6. The minimum atomic E-state index is -0.395. The number of benzene rings is 1. The molecule has 1 aromatic carbocycles. The molecule has 0 amide bonds. The van der Waals surface area contributed by atoms with Crippen molar-refractivity contribution in [3.05, 3.63) is 23.8 Å². The molecule has 1 rings (SSSR count). The normalized spacial score (nSPS) is 9.57. The van der Waals surface area contributed by atoms with Crippen LogP contribution in [0.5, 0.6) is 5.75 Å². The number of carbonyl (C=O) groups is 1. The Morgan fingerprint density at radius 1 is 1.64 bits per heavy atom. The number of hydrogen-bond acceptors (Lipinski definition) is 5. The molecule has 1 aromatic rings. The van der Waals surface area contributed by atoms with Crippen molar-refractivity contribution in [2.45, 2.75) is 6.42 Å². The molecule has 14 heavy (non-hydrogen) atoms. The number of nitrogen functional groups attached to an aromatic ring is 1. The van der Waals surface area contributed by atoms with E-state index in [1.165, 1.54) is 13.2 Å². The first-order valence-corrected chi connectivity index (χ1v) is 4.02. The number of nitrogens with one attached hydrogen (secondary N) is 1. The first-order valence-electron chi connectivity index (χ1n) is 4.02. The molecule has 5 nitrogen and oxygen atoms in total. The molecule has 0 heterocycles. The molecule has 0 aliphatic carbocycles. The smallest absolute Gasteiger partial charge is 0.310 e. The van der Waals surface area contributed by atoms with Gasteiger partial charge in [-0.15, -0.1) is 0 Å². The van der Waals surface area contributed by atoms with Crippen molar-refractivity contribution in [1.29, 1.82) is 0 Å². The van der Waals surface area contributed by atoms with Gasteiger partial charge in [0.2, 0.25) is 0 Å². The fraction of sp³-hybridized carbons (Fsp3) is 0.222. The summed E-state index contributed by atoms with van der Waals surface area (Å²) in [4.78, 5) is 10.9. The lowest BCUT2D eigenvalue weighted by molar-refractivity contribution is -0.139. The summed E-state index contributed by atoms with van der Waals surface area (Å²) >= 11 is 0. The van der Waals surface area contributed by atoms with Crippen LogP contribution in [0, 0.1) is 0 Å². The molecule has 0 aliphatic rings. The van der Waals surface area contributed by atoms with Crippen molar-refractivity contribution in [3.63, 3.8) is 0 Å². The zero-order valence-electron chi connectivity index (χ0n) is 7.78. The van der Waals surface area contributed by atoms with E-state index in [1.807, 2.05) is 0 Å². The molecule has 0 aliphatic heterocycles. The van der Waals surface area contributed by atoms with Gasteiger partial charge < -0.3 is 15.3 Å². The number of hydrogen-bond donors (Lipinski definition) is 3. The predicted octanol–water partition coefficient (Wildman–Crippen LogP) is 0.393. The summed E-state index contributed by atoms with van der Waals surface area (Å²) in [7, 11) is 1.30. The van der Waals surface area contributed by atoms with E-state index in [1.54, 1.807) is 12.1 Å². The number of nitrogens with two attached hydrogens (primary N) is 1. The van der Waals surface area contributed by atoms with E-state index in [-0.39, 0.29) is 12.2 Å². The fourth-order valence-corrected chi connectivity index (χ4v) is 1.03. The van der Waals surface area contributed by atoms with Crippen LogP contribution < -0.4 is 11.3 Å². The third-order valence-electron chi connectivity index (χ3n) is 1.81. The molecular formula is C9H12N2O3. The molecule has 0 radical (unpaired) electrons. The van der Waals surface area contributed by atoms with Gasteiger partial charge in [0.1, 0.15) is 5.75 Å². The molecule has 0 saturated carbocycles. The quantitative estimate of drug-likeness (QED) is 0.370. The van der Waals surface area contributed by atoms with E-state index in [9.17, 15) is 9.90 Å². The van der Waals surface area contributed by atoms with E-state index in [2.05, 4.69) is 10.2 Å². The average Bonchev–Trinajstić information content (AvgIpc) is 2.20. The number of rotatable bonds is 3. The van der Waals surface area contributed by atoms with Gasteiger partial charge in [0.05, 0.1) is 19.2 Å². The minimum Gasteiger partial charge on any atom is -0.508 e. The number of phenolic OH excluding ortho intramolecular Hbond substituents is 1. The lowest BCUT2D eigenvalue weighted by Gasteiger charge is -2.05. The molecule has 0 spiro atoms. The van der Waals surface area contributed by atoms with Gasteiger partial charge >= 0.3 is 5.97 Å². The Bertz CT molecular complexity index is 339. The molecule has 0 fully saturated rings. The molecule has 0 unspecified atom stereocenters. The number of hydrazine groups is 1. The van der Waals surface area contributed by atoms with Gasteiger partial charge in [-0.25, -0.2) is 0 Å². The molecule has 0 aromatic heterocycles. The summed E-state index contributed by atoms with van der Waals surface area (Å²) in [6.45, 7) is 0. The molecule has 4 N–H and O–H groups in total. The highest BCUT2D eigenvalue weighted by Gasteiger charge is 2.07. The van der Waals surface area contributed by atoms with E-state index >= 15 is 0 Å². The summed E-state index contributed by atoms with van der Waals surface area (Å²) in [5.41, 5.74) is 3.48. The first-order chi connectivity index (χ1) is 6.67. The molecule has 76 valence electrons. The van der Waals surface area contributed by atoms with Crippen LogP contribution in [0.4, 0.5) is 5.69 Å². The van der Waals surface area contributed by atoms with Gasteiger partial charge in [0.25, 0.3) is 0 Å². The number of methoxy groups -OCH3 is 1. The summed E-state index contributed by atoms with van der Waals surface area (Å²) < 4.78 is 4.48. The van der Waals surface area contributed by atoms with Crippen LogP contribution in [-0.2, 0) is 16.0 Å². The van der Waals surface area contributed by atoms with E-state index in [4.69, 9.17) is 5.84 Å². The second-order valence-corrected chi connectivity index (χ2v) is 2.74. The molecule has 0 saturated heterocycles. The van der Waals surface area contributed by atoms with Crippen LogP contribution in [0.2, 0.25) is 0 Å². The summed E-state index contributed by atoms with van der Waals surface area (Å²) in [5, 5.41) is 9.46. The van der Waals surface area contributed by atoms with Gasteiger partial charge in [0.15, 0.2) is 0 Å². The van der Waals surface area contributed by atoms with Gasteiger partial charge in [-0.3, -0.25) is 10.6 Å². The van der Waals surface area contributed by atoms with Crippen LogP contribution in [-0.4, -0.2) is 18.2 Å². The maximum atomic E-state index is 10.9. The van der Waals surface area contributed by atoms with Crippen molar-refractivity contribution in [1.82, 2.24) is 0 Å². The fourth-order valence-electron chi connectivity index (χ4n) is 1.03. The highest BCUT2D eigenvalue weighted by atomic mass is 16.5. The van der Waals surface area contributed by atoms with Crippen LogP contribution >= 0.6 is 0 Å². The lowest BCUT2D eigenvalue weighted by Crippen LogP contribution is -2.08. The Hall–Kier alpha value is -1.75. The SMILES string of the molecule is COC(=O)Cc1ccc(NN)cc1O. The third-order valence-corrected chi connectivity index (χ3v) is 1.81. The van der Waals surface area contributed by atoms with Crippen molar-refractivity contribution in [2.75, 3.05) is 12.5 Å². The van der Waals surface area contributed by atoms with Crippen LogP contribution in [0.25, 0.3) is 0 Å². The van der Waals surface area contributed by atoms with Gasteiger partial charge in [-0.2, -0.15) is 0 Å². The van der Waals surface area contributed by atoms with E-state index in [0.29, 0.717) is 11.3 Å².